The molecule has 1 aliphatic rings. The number of anilines is 1. The van der Waals surface area contributed by atoms with Crippen LogP contribution in [0.1, 0.15) is 16.1 Å². The summed E-state index contributed by atoms with van der Waals surface area (Å²) in [5.74, 6) is -3.86. The molecule has 212 valence electrons. The standard InChI is InChI=1S/C24H18N4O11S2/c29-21-17(19(23(31)32)12-25-27(21)13-6-10-16(11-7-13)41(37,38)39)2-1-3-18-20(24(33)34)26-28(22(18)30)14-4-8-15(9-5-14)40(35)36/h1-12,25-26H,(H,31,32)(H,33,34)(H,35,36)(H,37,38,39)/b3-1+,17-2+. The van der Waals surface area contributed by atoms with E-state index in [9.17, 15) is 42.0 Å². The first-order valence-corrected chi connectivity index (χ1v) is 13.6. The van der Waals surface area contributed by atoms with Crippen LogP contribution in [-0.2, 0) is 30.8 Å². The molecule has 1 amide bonds. The number of carboxylic acid groups (broad SMARTS) is 2. The molecular weight excluding hydrogens is 584 g/mol. The third kappa shape index (κ3) is 5.92. The largest absolute Gasteiger partial charge is 0.478 e. The van der Waals surface area contributed by atoms with Crippen molar-refractivity contribution in [3.05, 3.63) is 99.6 Å². The molecule has 1 unspecified atom stereocenters. The third-order valence-corrected chi connectivity index (χ3v) is 7.19. The van der Waals surface area contributed by atoms with Crippen LogP contribution in [0.3, 0.4) is 0 Å². The number of hydrogen-bond acceptors (Lipinski definition) is 8. The monoisotopic (exact) mass is 602 g/mol. The van der Waals surface area contributed by atoms with Crippen molar-refractivity contribution in [3.63, 3.8) is 0 Å². The van der Waals surface area contributed by atoms with Crippen molar-refractivity contribution in [2.45, 2.75) is 9.79 Å². The van der Waals surface area contributed by atoms with Crippen molar-refractivity contribution in [1.29, 1.82) is 0 Å². The van der Waals surface area contributed by atoms with Crippen molar-refractivity contribution >= 4 is 50.8 Å². The number of rotatable bonds is 8. The smallest absolute Gasteiger partial charge is 0.354 e. The summed E-state index contributed by atoms with van der Waals surface area (Å²) < 4.78 is 52.9. The molecule has 17 heteroatoms. The zero-order valence-electron chi connectivity index (χ0n) is 20.3. The zero-order chi connectivity index (χ0) is 30.1. The van der Waals surface area contributed by atoms with Gasteiger partial charge in [-0.2, -0.15) is 8.42 Å². The average Bonchev–Trinajstić information content (AvgIpc) is 3.25. The number of aliphatic carboxylic acids is 1. The number of nitrogens with one attached hydrogen (secondary N) is 2. The number of hydrogen-bond donors (Lipinski definition) is 6. The highest BCUT2D eigenvalue weighted by atomic mass is 32.2. The lowest BCUT2D eigenvalue weighted by Crippen LogP contribution is -2.45. The summed E-state index contributed by atoms with van der Waals surface area (Å²) in [6, 6.07) is 9.60. The predicted molar refractivity (Wildman–Crippen MR) is 142 cm³/mol. The normalized spacial score (nSPS) is 15.6. The van der Waals surface area contributed by atoms with Crippen molar-refractivity contribution in [3.8, 4) is 5.69 Å². The fourth-order valence-corrected chi connectivity index (χ4v) is 4.55. The van der Waals surface area contributed by atoms with Crippen molar-refractivity contribution in [2.75, 3.05) is 5.01 Å². The van der Waals surface area contributed by atoms with Gasteiger partial charge in [0.2, 0.25) is 0 Å². The summed E-state index contributed by atoms with van der Waals surface area (Å²) >= 11 is -2.27. The minimum absolute atomic E-state index is 0.0518. The Morgan fingerprint density at radius 1 is 0.927 bits per heavy atom. The molecular formula is C24H18N4O11S2. The van der Waals surface area contributed by atoms with Gasteiger partial charge in [-0.05, 0) is 60.7 Å². The first-order valence-electron chi connectivity index (χ1n) is 11.1. The van der Waals surface area contributed by atoms with E-state index in [2.05, 4.69) is 10.5 Å². The Morgan fingerprint density at radius 3 is 2.07 bits per heavy atom. The van der Waals surface area contributed by atoms with E-state index in [1.807, 2.05) is 0 Å². The van der Waals surface area contributed by atoms with E-state index in [0.717, 1.165) is 46.3 Å². The summed E-state index contributed by atoms with van der Waals surface area (Å²) in [6.07, 6.45) is 4.21. The van der Waals surface area contributed by atoms with Gasteiger partial charge >= 0.3 is 11.9 Å². The van der Waals surface area contributed by atoms with Crippen LogP contribution in [0.2, 0.25) is 0 Å². The van der Waals surface area contributed by atoms with E-state index >= 15 is 0 Å². The van der Waals surface area contributed by atoms with E-state index < -0.39 is 60.8 Å². The second-order valence-electron chi connectivity index (χ2n) is 8.13. The highest BCUT2D eigenvalue weighted by Crippen LogP contribution is 2.24. The van der Waals surface area contributed by atoms with Crippen LogP contribution >= 0.6 is 0 Å². The molecule has 0 bridgehead atoms. The number of allylic oxidation sites excluding steroid dienone is 2. The van der Waals surface area contributed by atoms with E-state index in [1.54, 1.807) is 0 Å². The molecule has 0 fully saturated rings. The Labute approximate surface area is 232 Å². The van der Waals surface area contributed by atoms with Gasteiger partial charge in [0.1, 0.15) is 0 Å². The Kier molecular flexibility index (Phi) is 7.88. The fourth-order valence-electron chi connectivity index (χ4n) is 3.70. The molecule has 3 aromatic rings. The molecule has 15 nitrogen and oxygen atoms in total. The molecule has 41 heavy (non-hydrogen) atoms. The number of aromatic carboxylic acids is 1. The van der Waals surface area contributed by atoms with Gasteiger partial charge in [0.05, 0.1) is 37.9 Å². The minimum atomic E-state index is -4.50. The molecule has 0 saturated heterocycles. The number of aromatic amines is 1. The molecule has 4 rings (SSSR count). The quantitative estimate of drug-likeness (QED) is 0.121. The van der Waals surface area contributed by atoms with E-state index in [4.69, 9.17) is 9.11 Å². The van der Waals surface area contributed by atoms with Crippen LogP contribution in [0.25, 0.3) is 11.8 Å². The van der Waals surface area contributed by atoms with Gasteiger partial charge in [-0.1, -0.05) is 6.08 Å². The molecule has 2 heterocycles. The van der Waals surface area contributed by atoms with Crippen LogP contribution in [-0.4, -0.2) is 59.6 Å². The number of carboxylic acids is 2. The molecule has 1 atom stereocenters. The van der Waals surface area contributed by atoms with Gasteiger partial charge in [-0.3, -0.25) is 24.7 Å². The summed E-state index contributed by atoms with van der Waals surface area (Å²) in [7, 11) is -4.50. The maximum absolute atomic E-state index is 13.2. The first kappa shape index (κ1) is 28.9. The molecule has 0 spiro atoms. The number of nitrogens with zero attached hydrogens (tertiary/aromatic N) is 2. The van der Waals surface area contributed by atoms with Crippen LogP contribution in [0.5, 0.6) is 0 Å². The van der Waals surface area contributed by atoms with Crippen molar-refractivity contribution < 1.29 is 46.3 Å². The fraction of sp³-hybridized carbons (Fsp3) is 0. The molecule has 1 aliphatic heterocycles. The Bertz CT molecular complexity index is 1850. The molecule has 0 aliphatic carbocycles. The summed E-state index contributed by atoms with van der Waals surface area (Å²) in [6.45, 7) is 0. The molecule has 2 aromatic carbocycles. The topological polar surface area (TPSA) is 236 Å². The van der Waals surface area contributed by atoms with Crippen LogP contribution < -0.4 is 16.0 Å². The summed E-state index contributed by atoms with van der Waals surface area (Å²) in [5.41, 5.74) is 0.208. The second-order valence-corrected chi connectivity index (χ2v) is 10.5. The molecule has 0 saturated carbocycles. The van der Waals surface area contributed by atoms with Crippen molar-refractivity contribution in [2.24, 2.45) is 0 Å². The molecule has 1 aromatic heterocycles. The van der Waals surface area contributed by atoms with E-state index in [0.29, 0.717) is 0 Å². The zero-order valence-corrected chi connectivity index (χ0v) is 21.9. The third-order valence-electron chi connectivity index (χ3n) is 5.65. The minimum Gasteiger partial charge on any atom is -0.478 e. The van der Waals surface area contributed by atoms with E-state index in [1.165, 1.54) is 36.4 Å². The van der Waals surface area contributed by atoms with Crippen LogP contribution in [0.4, 0.5) is 5.69 Å². The van der Waals surface area contributed by atoms with Gasteiger partial charge in [-0.15, -0.1) is 0 Å². The number of hydrazine groups is 1. The first-order chi connectivity index (χ1) is 19.3. The lowest BCUT2D eigenvalue weighted by atomic mass is 10.0. The maximum atomic E-state index is 13.2. The highest BCUT2D eigenvalue weighted by Gasteiger charge is 2.30. The number of benzene rings is 2. The lowest BCUT2D eigenvalue weighted by molar-refractivity contribution is -0.133. The predicted octanol–water partition coefficient (Wildman–Crippen LogP) is 1.15. The van der Waals surface area contributed by atoms with E-state index in [-0.39, 0.29) is 27.4 Å². The van der Waals surface area contributed by atoms with Crippen molar-refractivity contribution in [1.82, 2.24) is 15.2 Å². The Morgan fingerprint density at radius 2 is 1.54 bits per heavy atom. The van der Waals surface area contributed by atoms with Gasteiger partial charge in [-0.25, -0.2) is 23.5 Å². The summed E-state index contributed by atoms with van der Waals surface area (Å²) in [4.78, 5) is 49.3. The maximum Gasteiger partial charge on any atom is 0.354 e. The summed E-state index contributed by atoms with van der Waals surface area (Å²) in [5, 5.41) is 22.5. The van der Waals surface area contributed by atoms with Gasteiger partial charge in [0.15, 0.2) is 16.8 Å². The lowest BCUT2D eigenvalue weighted by Gasteiger charge is -2.28. The van der Waals surface area contributed by atoms with Gasteiger partial charge in [0, 0.05) is 6.20 Å². The number of amides is 1. The number of aromatic nitrogens is 2. The number of carbonyl (C=O) groups is 3. The number of carbonyl (C=O) groups excluding carboxylic acids is 1. The highest BCUT2D eigenvalue weighted by molar-refractivity contribution is 7.85. The average molecular weight is 603 g/mol. The SMILES string of the molecule is O=C(O)C1=CNN(c2ccc(S(=O)(=O)O)cc2)C(=O)/C1=C/C=C/c1c(C(=O)O)[nH]n(-c2ccc(S(=O)O)cc2)c1=O. The molecule has 0 radical (unpaired) electrons. The van der Waals surface area contributed by atoms with Crippen LogP contribution in [0.15, 0.2) is 92.6 Å². The molecule has 6 N–H and O–H groups in total. The second kappa shape index (κ2) is 11.2. The van der Waals surface area contributed by atoms with Gasteiger partial charge in [0.25, 0.3) is 21.6 Å². The Balaban J connectivity index is 1.71. The number of H-pyrrole nitrogens is 1. The van der Waals surface area contributed by atoms with Crippen LogP contribution in [0, 0.1) is 0 Å². The Hall–Kier alpha value is -5.10. The van der Waals surface area contributed by atoms with Gasteiger partial charge < -0.3 is 14.8 Å².